The van der Waals surface area contributed by atoms with Gasteiger partial charge in [0.25, 0.3) is 0 Å². The van der Waals surface area contributed by atoms with E-state index in [0.717, 1.165) is 16.3 Å². The van der Waals surface area contributed by atoms with Crippen molar-refractivity contribution >= 4 is 11.6 Å². The van der Waals surface area contributed by atoms with Gasteiger partial charge in [0.15, 0.2) is 0 Å². The summed E-state index contributed by atoms with van der Waals surface area (Å²) in [5, 5.41) is 5.35. The summed E-state index contributed by atoms with van der Waals surface area (Å²) in [6, 6.07) is 7.87. The molecule has 0 radical (unpaired) electrons. The van der Waals surface area contributed by atoms with Crippen LogP contribution in [0.2, 0.25) is 5.02 Å². The van der Waals surface area contributed by atoms with Gasteiger partial charge in [-0.15, -0.1) is 0 Å². The number of hydrogen-bond acceptors (Lipinski definition) is 1. The van der Waals surface area contributed by atoms with Gasteiger partial charge >= 0.3 is 0 Å². The minimum atomic E-state index is 0.456. The van der Waals surface area contributed by atoms with Crippen LogP contribution in [0.1, 0.15) is 31.0 Å². The molecule has 1 heterocycles. The fourth-order valence-electron chi connectivity index (χ4n) is 2.16. The fraction of sp³-hybridized carbons (Fsp3) is 0.357. The van der Waals surface area contributed by atoms with Crippen LogP contribution in [0, 0.1) is 6.92 Å². The molecule has 2 aromatic rings. The molecular formula is C14H17ClN2. The highest BCUT2D eigenvalue weighted by atomic mass is 35.5. The summed E-state index contributed by atoms with van der Waals surface area (Å²) in [5.41, 5.74) is 4.65. The number of benzene rings is 1. The predicted molar refractivity (Wildman–Crippen MR) is 72.5 cm³/mol. The minimum absolute atomic E-state index is 0.456. The van der Waals surface area contributed by atoms with Gasteiger partial charge in [0.1, 0.15) is 0 Å². The zero-order valence-corrected chi connectivity index (χ0v) is 11.4. The van der Waals surface area contributed by atoms with Crippen molar-refractivity contribution in [2.75, 3.05) is 0 Å². The Morgan fingerprint density at radius 3 is 2.59 bits per heavy atom. The molecule has 0 N–H and O–H groups in total. The van der Waals surface area contributed by atoms with E-state index in [1.54, 1.807) is 0 Å². The molecule has 2 rings (SSSR count). The lowest BCUT2D eigenvalue weighted by atomic mass is 9.97. The lowest BCUT2D eigenvalue weighted by Crippen LogP contribution is -1.95. The number of rotatable bonds is 2. The highest BCUT2D eigenvalue weighted by Gasteiger charge is 2.17. The van der Waals surface area contributed by atoms with Crippen molar-refractivity contribution < 1.29 is 0 Å². The minimum Gasteiger partial charge on any atom is -0.272 e. The molecular weight excluding hydrogens is 232 g/mol. The molecule has 0 unspecified atom stereocenters. The standard InChI is InChI=1S/C14H17ClN2/c1-9(2)13-10(3)17(4)16-14(13)11-6-5-7-12(15)8-11/h5-9H,1-4H3. The van der Waals surface area contributed by atoms with Gasteiger partial charge in [-0.1, -0.05) is 37.6 Å². The molecule has 0 aliphatic heterocycles. The van der Waals surface area contributed by atoms with Crippen LogP contribution in [0.25, 0.3) is 11.3 Å². The first kappa shape index (κ1) is 12.2. The summed E-state index contributed by atoms with van der Waals surface area (Å²) in [6.45, 7) is 6.49. The molecule has 0 fully saturated rings. The monoisotopic (exact) mass is 248 g/mol. The predicted octanol–water partition coefficient (Wildman–Crippen LogP) is 4.17. The second-order valence-electron chi connectivity index (χ2n) is 4.64. The molecule has 2 nitrogen and oxygen atoms in total. The molecule has 17 heavy (non-hydrogen) atoms. The number of hydrogen-bond donors (Lipinski definition) is 0. The van der Waals surface area contributed by atoms with E-state index in [2.05, 4.69) is 31.9 Å². The zero-order chi connectivity index (χ0) is 12.6. The maximum atomic E-state index is 6.04. The second kappa shape index (κ2) is 4.53. The number of aryl methyl sites for hydroxylation is 1. The Labute approximate surface area is 107 Å². The van der Waals surface area contributed by atoms with Crippen molar-refractivity contribution in [3.05, 3.63) is 40.5 Å². The van der Waals surface area contributed by atoms with Crippen LogP contribution >= 0.6 is 11.6 Å². The first-order valence-corrected chi connectivity index (χ1v) is 6.18. The Morgan fingerprint density at radius 2 is 2.00 bits per heavy atom. The van der Waals surface area contributed by atoms with E-state index in [0.29, 0.717) is 5.92 Å². The molecule has 3 heteroatoms. The summed E-state index contributed by atoms with van der Waals surface area (Å²) in [7, 11) is 1.98. The van der Waals surface area contributed by atoms with Gasteiger partial charge in [-0.05, 0) is 25.0 Å². The highest BCUT2D eigenvalue weighted by Crippen LogP contribution is 2.31. The fourth-order valence-corrected chi connectivity index (χ4v) is 2.36. The zero-order valence-electron chi connectivity index (χ0n) is 10.7. The van der Waals surface area contributed by atoms with Crippen molar-refractivity contribution in [1.82, 2.24) is 9.78 Å². The molecule has 0 saturated carbocycles. The number of nitrogens with zero attached hydrogens (tertiary/aromatic N) is 2. The third-order valence-corrected chi connectivity index (χ3v) is 3.29. The maximum absolute atomic E-state index is 6.04. The Kier molecular flexibility index (Phi) is 3.25. The van der Waals surface area contributed by atoms with Gasteiger partial charge in [0, 0.05) is 28.9 Å². The quantitative estimate of drug-likeness (QED) is 0.780. The van der Waals surface area contributed by atoms with E-state index in [9.17, 15) is 0 Å². The van der Waals surface area contributed by atoms with Crippen LogP contribution in [0.3, 0.4) is 0 Å². The molecule has 0 spiro atoms. The van der Waals surface area contributed by atoms with E-state index in [4.69, 9.17) is 11.6 Å². The molecule has 0 saturated heterocycles. The van der Waals surface area contributed by atoms with Crippen LogP contribution in [0.5, 0.6) is 0 Å². The smallest absolute Gasteiger partial charge is 0.0960 e. The Hall–Kier alpha value is -1.28. The van der Waals surface area contributed by atoms with E-state index in [1.165, 1.54) is 11.3 Å². The van der Waals surface area contributed by atoms with E-state index in [-0.39, 0.29) is 0 Å². The Morgan fingerprint density at radius 1 is 1.29 bits per heavy atom. The van der Waals surface area contributed by atoms with Gasteiger partial charge in [0.2, 0.25) is 0 Å². The first-order valence-electron chi connectivity index (χ1n) is 5.80. The molecule has 0 aliphatic carbocycles. The summed E-state index contributed by atoms with van der Waals surface area (Å²) in [6.07, 6.45) is 0. The van der Waals surface area contributed by atoms with E-state index in [1.807, 2.05) is 29.9 Å². The second-order valence-corrected chi connectivity index (χ2v) is 5.07. The van der Waals surface area contributed by atoms with Gasteiger partial charge in [-0.25, -0.2) is 0 Å². The van der Waals surface area contributed by atoms with Crippen molar-refractivity contribution in [2.45, 2.75) is 26.7 Å². The summed E-state index contributed by atoms with van der Waals surface area (Å²) >= 11 is 6.04. The third-order valence-electron chi connectivity index (χ3n) is 3.06. The average Bonchev–Trinajstić information content (AvgIpc) is 2.55. The molecule has 0 aliphatic rings. The lowest BCUT2D eigenvalue weighted by Gasteiger charge is -2.07. The molecule has 90 valence electrons. The van der Waals surface area contributed by atoms with Crippen molar-refractivity contribution in [3.63, 3.8) is 0 Å². The third kappa shape index (κ3) is 2.22. The van der Waals surface area contributed by atoms with Gasteiger partial charge in [-0.2, -0.15) is 5.10 Å². The van der Waals surface area contributed by atoms with Gasteiger partial charge in [-0.3, -0.25) is 4.68 Å². The molecule has 1 aromatic carbocycles. The number of halogens is 1. The van der Waals surface area contributed by atoms with Crippen LogP contribution < -0.4 is 0 Å². The first-order chi connectivity index (χ1) is 8.00. The molecule has 0 atom stereocenters. The van der Waals surface area contributed by atoms with Crippen LogP contribution in [-0.4, -0.2) is 9.78 Å². The summed E-state index contributed by atoms with van der Waals surface area (Å²) in [4.78, 5) is 0. The average molecular weight is 249 g/mol. The highest BCUT2D eigenvalue weighted by molar-refractivity contribution is 6.30. The Bertz CT molecular complexity index is 541. The van der Waals surface area contributed by atoms with E-state index < -0.39 is 0 Å². The molecule has 0 amide bonds. The summed E-state index contributed by atoms with van der Waals surface area (Å²) in [5.74, 6) is 0.456. The SMILES string of the molecule is Cc1c(C(C)C)c(-c2cccc(Cl)c2)nn1C. The lowest BCUT2D eigenvalue weighted by molar-refractivity contribution is 0.735. The molecule has 0 bridgehead atoms. The maximum Gasteiger partial charge on any atom is 0.0960 e. The van der Waals surface area contributed by atoms with Gasteiger partial charge < -0.3 is 0 Å². The normalized spacial score (nSPS) is 11.2. The van der Waals surface area contributed by atoms with Crippen LogP contribution in [-0.2, 0) is 7.05 Å². The summed E-state index contributed by atoms with van der Waals surface area (Å²) < 4.78 is 1.94. The molecule has 1 aromatic heterocycles. The van der Waals surface area contributed by atoms with Crippen molar-refractivity contribution in [3.8, 4) is 11.3 Å². The van der Waals surface area contributed by atoms with Gasteiger partial charge in [0.05, 0.1) is 5.69 Å². The largest absolute Gasteiger partial charge is 0.272 e. The van der Waals surface area contributed by atoms with Crippen LogP contribution in [0.4, 0.5) is 0 Å². The van der Waals surface area contributed by atoms with Crippen molar-refractivity contribution in [2.24, 2.45) is 7.05 Å². The number of aromatic nitrogens is 2. The van der Waals surface area contributed by atoms with Crippen LogP contribution in [0.15, 0.2) is 24.3 Å². The Balaban J connectivity index is 2.63. The topological polar surface area (TPSA) is 17.8 Å². The van der Waals surface area contributed by atoms with E-state index >= 15 is 0 Å². The van der Waals surface area contributed by atoms with Crippen molar-refractivity contribution in [1.29, 1.82) is 0 Å².